The highest BCUT2D eigenvalue weighted by Gasteiger charge is 2.19. The molecule has 2 aromatic rings. The molecule has 0 fully saturated rings. The lowest BCUT2D eigenvalue weighted by Crippen LogP contribution is -1.92. The average molecular weight is 281 g/mol. The molecule has 0 aliphatic heterocycles. The van der Waals surface area contributed by atoms with Gasteiger partial charge in [-0.25, -0.2) is 4.39 Å². The molecule has 1 aromatic carbocycles. The molecule has 1 aromatic heterocycles. The quantitative estimate of drug-likeness (QED) is 0.789. The molecule has 0 bridgehead atoms. The maximum atomic E-state index is 13.6. The van der Waals surface area contributed by atoms with E-state index in [-0.39, 0.29) is 16.1 Å². The van der Waals surface area contributed by atoms with Gasteiger partial charge in [-0.1, -0.05) is 35.3 Å². The molecule has 0 N–H and O–H groups in total. The first-order chi connectivity index (χ1) is 8.65. The van der Waals surface area contributed by atoms with Crippen molar-refractivity contribution in [1.82, 2.24) is 10.2 Å². The molecular formula is C13H7Cl2FN2. The van der Waals surface area contributed by atoms with Crippen molar-refractivity contribution >= 4 is 34.9 Å². The van der Waals surface area contributed by atoms with Crippen molar-refractivity contribution in [2.75, 3.05) is 0 Å². The zero-order valence-electron chi connectivity index (χ0n) is 9.12. The average Bonchev–Trinajstić information content (AvgIpc) is 2.77. The van der Waals surface area contributed by atoms with Crippen LogP contribution in [0.4, 0.5) is 4.39 Å². The van der Waals surface area contributed by atoms with Crippen LogP contribution in [-0.4, -0.2) is 10.2 Å². The normalized spacial score (nSPS) is 13.4. The number of halogens is 3. The molecule has 0 atom stereocenters. The van der Waals surface area contributed by atoms with Gasteiger partial charge in [0.15, 0.2) is 10.3 Å². The van der Waals surface area contributed by atoms with Crippen molar-refractivity contribution in [3.05, 3.63) is 57.1 Å². The molecule has 5 heteroatoms. The van der Waals surface area contributed by atoms with Gasteiger partial charge < -0.3 is 0 Å². The topological polar surface area (TPSA) is 25.8 Å². The summed E-state index contributed by atoms with van der Waals surface area (Å²) in [7, 11) is 0. The van der Waals surface area contributed by atoms with Gasteiger partial charge in [0.25, 0.3) is 0 Å². The second-order valence-electron chi connectivity index (χ2n) is 4.03. The van der Waals surface area contributed by atoms with Crippen LogP contribution in [0.2, 0.25) is 10.3 Å². The molecule has 0 radical (unpaired) electrons. The van der Waals surface area contributed by atoms with E-state index in [2.05, 4.69) is 10.2 Å². The summed E-state index contributed by atoms with van der Waals surface area (Å²) in [6.45, 7) is 0. The van der Waals surface area contributed by atoms with Crippen LogP contribution in [0.15, 0.2) is 24.3 Å². The molecule has 1 aliphatic rings. The van der Waals surface area contributed by atoms with E-state index < -0.39 is 0 Å². The minimum Gasteiger partial charge on any atom is -0.206 e. The molecule has 0 saturated heterocycles. The number of aromatic nitrogens is 2. The van der Waals surface area contributed by atoms with Crippen LogP contribution in [0.5, 0.6) is 0 Å². The molecule has 1 heterocycles. The number of rotatable bonds is 1. The second-order valence-corrected chi connectivity index (χ2v) is 4.78. The molecular weight excluding hydrogens is 274 g/mol. The molecule has 0 saturated carbocycles. The first-order valence-electron chi connectivity index (χ1n) is 5.32. The van der Waals surface area contributed by atoms with Crippen molar-refractivity contribution in [3.8, 4) is 0 Å². The fourth-order valence-corrected chi connectivity index (χ4v) is 2.44. The Balaban J connectivity index is 2.10. The van der Waals surface area contributed by atoms with Gasteiger partial charge >= 0.3 is 0 Å². The summed E-state index contributed by atoms with van der Waals surface area (Å²) in [5.74, 6) is -0.230. The Labute approximate surface area is 113 Å². The van der Waals surface area contributed by atoms with Crippen LogP contribution in [0.3, 0.4) is 0 Å². The highest BCUT2D eigenvalue weighted by Crippen LogP contribution is 2.35. The van der Waals surface area contributed by atoms with E-state index in [1.165, 1.54) is 6.07 Å². The molecule has 3 rings (SSSR count). The molecule has 2 nitrogen and oxygen atoms in total. The van der Waals surface area contributed by atoms with E-state index in [9.17, 15) is 4.39 Å². The first kappa shape index (κ1) is 11.6. The van der Waals surface area contributed by atoms with E-state index in [1.807, 2.05) is 6.07 Å². The van der Waals surface area contributed by atoms with Crippen LogP contribution < -0.4 is 0 Å². The van der Waals surface area contributed by atoms with Gasteiger partial charge in [0.1, 0.15) is 5.82 Å². The summed E-state index contributed by atoms with van der Waals surface area (Å²) in [5, 5.41) is 7.96. The monoisotopic (exact) mass is 280 g/mol. The van der Waals surface area contributed by atoms with E-state index in [1.54, 1.807) is 18.2 Å². The van der Waals surface area contributed by atoms with Crippen molar-refractivity contribution < 1.29 is 4.39 Å². The fourth-order valence-electron chi connectivity index (χ4n) is 2.08. The van der Waals surface area contributed by atoms with Gasteiger partial charge in [-0.15, -0.1) is 10.2 Å². The zero-order chi connectivity index (χ0) is 12.7. The van der Waals surface area contributed by atoms with Crippen LogP contribution in [0, 0.1) is 5.82 Å². The molecule has 1 aliphatic carbocycles. The summed E-state index contributed by atoms with van der Waals surface area (Å²) in [4.78, 5) is 0. The number of allylic oxidation sites excluding steroid dienone is 1. The Morgan fingerprint density at radius 1 is 1.17 bits per heavy atom. The van der Waals surface area contributed by atoms with Crippen LogP contribution in [-0.2, 0) is 6.42 Å². The molecule has 0 unspecified atom stereocenters. The van der Waals surface area contributed by atoms with E-state index >= 15 is 0 Å². The Morgan fingerprint density at radius 2 is 2.00 bits per heavy atom. The number of hydrogen-bond donors (Lipinski definition) is 0. The zero-order valence-corrected chi connectivity index (χ0v) is 10.6. The summed E-state index contributed by atoms with van der Waals surface area (Å²) < 4.78 is 13.6. The highest BCUT2D eigenvalue weighted by atomic mass is 35.5. The molecule has 0 spiro atoms. The summed E-state index contributed by atoms with van der Waals surface area (Å²) in [5.41, 5.74) is 3.15. The Hall–Kier alpha value is -1.45. The summed E-state index contributed by atoms with van der Waals surface area (Å²) in [6.07, 6.45) is 2.40. The summed E-state index contributed by atoms with van der Waals surface area (Å²) >= 11 is 11.8. The van der Waals surface area contributed by atoms with Crippen molar-refractivity contribution in [2.24, 2.45) is 0 Å². The predicted octanol–water partition coefficient (Wildman–Crippen LogP) is 4.02. The van der Waals surface area contributed by atoms with Gasteiger partial charge in [0, 0.05) is 11.1 Å². The van der Waals surface area contributed by atoms with Gasteiger partial charge in [-0.2, -0.15) is 0 Å². The Morgan fingerprint density at radius 3 is 2.78 bits per heavy atom. The van der Waals surface area contributed by atoms with E-state index in [0.717, 1.165) is 11.1 Å². The van der Waals surface area contributed by atoms with Gasteiger partial charge in [0.2, 0.25) is 0 Å². The lowest BCUT2D eigenvalue weighted by Gasteiger charge is -2.03. The van der Waals surface area contributed by atoms with Gasteiger partial charge in [0.05, 0.1) is 0 Å². The molecule has 18 heavy (non-hydrogen) atoms. The third kappa shape index (κ3) is 1.89. The SMILES string of the molecule is Fc1cccc2c1C=C(c1cc(Cl)nnc1Cl)C2. The minimum atomic E-state index is -0.230. The largest absolute Gasteiger partial charge is 0.206 e. The molecule has 0 amide bonds. The van der Waals surface area contributed by atoms with Crippen molar-refractivity contribution in [1.29, 1.82) is 0 Å². The second kappa shape index (κ2) is 4.34. The maximum absolute atomic E-state index is 13.6. The van der Waals surface area contributed by atoms with Crippen molar-refractivity contribution in [2.45, 2.75) is 6.42 Å². The third-order valence-electron chi connectivity index (χ3n) is 2.91. The Kier molecular flexibility index (Phi) is 2.80. The van der Waals surface area contributed by atoms with E-state index in [0.29, 0.717) is 17.5 Å². The van der Waals surface area contributed by atoms with Gasteiger partial charge in [-0.3, -0.25) is 0 Å². The lowest BCUT2D eigenvalue weighted by molar-refractivity contribution is 0.624. The fraction of sp³-hybridized carbons (Fsp3) is 0.0769. The van der Waals surface area contributed by atoms with Crippen LogP contribution in [0.1, 0.15) is 16.7 Å². The van der Waals surface area contributed by atoms with Gasteiger partial charge in [-0.05, 0) is 35.8 Å². The number of nitrogens with zero attached hydrogens (tertiary/aromatic N) is 2. The molecule has 90 valence electrons. The predicted molar refractivity (Wildman–Crippen MR) is 70.0 cm³/mol. The lowest BCUT2D eigenvalue weighted by atomic mass is 10.1. The Bertz CT molecular complexity index is 668. The first-order valence-corrected chi connectivity index (χ1v) is 6.08. The smallest absolute Gasteiger partial charge is 0.159 e. The third-order valence-corrected chi connectivity index (χ3v) is 3.37. The highest BCUT2D eigenvalue weighted by molar-refractivity contribution is 6.32. The van der Waals surface area contributed by atoms with E-state index in [4.69, 9.17) is 23.2 Å². The standard InChI is InChI=1S/C13H7Cl2FN2/c14-12-6-10(13(15)18-17-12)8-4-7-2-1-3-11(16)9(7)5-8/h1-3,5-6H,4H2. The number of hydrogen-bond acceptors (Lipinski definition) is 2. The maximum Gasteiger partial charge on any atom is 0.159 e. The van der Waals surface area contributed by atoms with Crippen LogP contribution >= 0.6 is 23.2 Å². The van der Waals surface area contributed by atoms with Crippen molar-refractivity contribution in [3.63, 3.8) is 0 Å². The van der Waals surface area contributed by atoms with Crippen LogP contribution in [0.25, 0.3) is 11.6 Å². The minimum absolute atomic E-state index is 0.230. The number of fused-ring (bicyclic) bond motifs is 1. The summed E-state index contributed by atoms with van der Waals surface area (Å²) in [6, 6.07) is 6.68. The number of benzene rings is 1.